The summed E-state index contributed by atoms with van der Waals surface area (Å²) in [5.41, 5.74) is 1.51. The first kappa shape index (κ1) is 21.4. The van der Waals surface area contributed by atoms with E-state index in [1.165, 1.54) is 17.0 Å². The second-order valence-corrected chi connectivity index (χ2v) is 8.30. The van der Waals surface area contributed by atoms with Crippen molar-refractivity contribution in [3.8, 4) is 11.1 Å². The average Bonchev–Trinajstić information content (AvgIpc) is 3.28. The molecule has 1 unspecified atom stereocenters. The molecule has 33 heavy (non-hydrogen) atoms. The van der Waals surface area contributed by atoms with Crippen molar-refractivity contribution in [2.45, 2.75) is 19.1 Å². The number of amides is 1. The maximum atomic E-state index is 13.4. The van der Waals surface area contributed by atoms with Crippen molar-refractivity contribution in [1.29, 1.82) is 0 Å². The van der Waals surface area contributed by atoms with Gasteiger partial charge in [0.05, 0.1) is 17.8 Å². The zero-order valence-electron chi connectivity index (χ0n) is 18.0. The minimum Gasteiger partial charge on any atom is -0.354 e. The number of carbonyl (C=O) groups is 1. The van der Waals surface area contributed by atoms with Gasteiger partial charge in [-0.2, -0.15) is 18.3 Å². The molecule has 10 heteroatoms. The number of nitrogens with one attached hydrogen (secondary N) is 1. The van der Waals surface area contributed by atoms with Crippen molar-refractivity contribution in [3.63, 3.8) is 0 Å². The molecule has 1 amide bonds. The van der Waals surface area contributed by atoms with Crippen LogP contribution < -0.4 is 15.1 Å². The van der Waals surface area contributed by atoms with Crippen LogP contribution in [0.3, 0.4) is 0 Å². The van der Waals surface area contributed by atoms with Crippen molar-refractivity contribution in [2.24, 2.45) is 0 Å². The van der Waals surface area contributed by atoms with E-state index in [0.717, 1.165) is 49.7 Å². The molecule has 1 fully saturated rings. The number of pyridine rings is 1. The summed E-state index contributed by atoms with van der Waals surface area (Å²) in [6.07, 6.45) is -1.03. The number of piperazine rings is 1. The third kappa shape index (κ3) is 3.95. The van der Waals surface area contributed by atoms with Crippen LogP contribution in [-0.2, 0) is 6.18 Å². The highest BCUT2D eigenvalue weighted by atomic mass is 19.4. The molecule has 1 aromatic carbocycles. The molecule has 1 saturated heterocycles. The Morgan fingerprint density at radius 3 is 2.39 bits per heavy atom. The number of alkyl halides is 3. The Kier molecular flexibility index (Phi) is 5.32. The predicted octanol–water partition coefficient (Wildman–Crippen LogP) is 3.59. The summed E-state index contributed by atoms with van der Waals surface area (Å²) in [5.74, 6) is 0.582. The van der Waals surface area contributed by atoms with Crippen LogP contribution in [0.1, 0.15) is 29.0 Å². The maximum absolute atomic E-state index is 13.4. The fourth-order valence-electron chi connectivity index (χ4n) is 4.35. The second-order valence-electron chi connectivity index (χ2n) is 8.30. The Labute approximate surface area is 188 Å². The molecule has 0 aliphatic carbocycles. The minimum atomic E-state index is -4.42. The van der Waals surface area contributed by atoms with Crippen LogP contribution in [0.15, 0.2) is 48.8 Å². The molecule has 5 rings (SSSR count). The summed E-state index contributed by atoms with van der Waals surface area (Å²) in [4.78, 5) is 21.7. The highest BCUT2D eigenvalue weighted by molar-refractivity contribution is 6.09. The second kappa shape index (κ2) is 8.18. The van der Waals surface area contributed by atoms with Crippen LogP contribution in [0.5, 0.6) is 0 Å². The van der Waals surface area contributed by atoms with Gasteiger partial charge in [-0.25, -0.2) is 4.98 Å². The molecule has 0 saturated carbocycles. The van der Waals surface area contributed by atoms with Gasteiger partial charge < -0.3 is 15.1 Å². The predicted molar refractivity (Wildman–Crippen MR) is 118 cm³/mol. The van der Waals surface area contributed by atoms with E-state index >= 15 is 0 Å². The fraction of sp³-hybridized carbons (Fsp3) is 0.348. The molecule has 4 heterocycles. The van der Waals surface area contributed by atoms with E-state index in [9.17, 15) is 18.0 Å². The molecule has 0 bridgehead atoms. The number of nitrogens with zero attached hydrogens (tertiary/aromatic N) is 5. The smallest absolute Gasteiger partial charge is 0.354 e. The lowest BCUT2D eigenvalue weighted by molar-refractivity contribution is -0.137. The van der Waals surface area contributed by atoms with Gasteiger partial charge >= 0.3 is 6.18 Å². The molecule has 1 atom stereocenters. The fourth-order valence-corrected chi connectivity index (χ4v) is 4.35. The van der Waals surface area contributed by atoms with Gasteiger partial charge in [0.25, 0.3) is 5.91 Å². The normalized spacial score (nSPS) is 19.0. The minimum absolute atomic E-state index is 0.137. The van der Waals surface area contributed by atoms with Crippen LogP contribution >= 0.6 is 0 Å². The van der Waals surface area contributed by atoms with Gasteiger partial charge in [0.1, 0.15) is 11.5 Å². The van der Waals surface area contributed by atoms with Crippen molar-refractivity contribution < 1.29 is 18.0 Å². The largest absolute Gasteiger partial charge is 0.416 e. The molecule has 172 valence electrons. The quantitative estimate of drug-likeness (QED) is 0.653. The first-order chi connectivity index (χ1) is 15.8. The molecular formula is C23H23F3N6O. The summed E-state index contributed by atoms with van der Waals surface area (Å²) >= 11 is 0. The van der Waals surface area contributed by atoms with Crippen molar-refractivity contribution in [3.05, 3.63) is 60.0 Å². The lowest BCUT2D eigenvalue weighted by atomic mass is 10.0. The molecule has 2 aliphatic heterocycles. The number of anilines is 2. The Morgan fingerprint density at radius 2 is 1.76 bits per heavy atom. The van der Waals surface area contributed by atoms with E-state index in [1.54, 1.807) is 17.1 Å². The first-order valence-corrected chi connectivity index (χ1v) is 10.8. The van der Waals surface area contributed by atoms with E-state index in [2.05, 4.69) is 20.3 Å². The van der Waals surface area contributed by atoms with Crippen LogP contribution in [0.4, 0.5) is 24.7 Å². The number of rotatable bonds is 3. The van der Waals surface area contributed by atoms with Crippen LogP contribution in [0.25, 0.3) is 11.1 Å². The van der Waals surface area contributed by atoms with Crippen LogP contribution in [-0.4, -0.2) is 53.4 Å². The molecule has 0 radical (unpaired) electrons. The Bertz CT molecular complexity index is 1150. The average molecular weight is 456 g/mol. The lowest BCUT2D eigenvalue weighted by Gasteiger charge is -2.32. The van der Waals surface area contributed by atoms with E-state index in [1.807, 2.05) is 19.1 Å². The van der Waals surface area contributed by atoms with Gasteiger partial charge in [0.2, 0.25) is 0 Å². The summed E-state index contributed by atoms with van der Waals surface area (Å²) in [5, 5.41) is 7.74. The topological polar surface area (TPSA) is 66.3 Å². The number of hydrogen-bond donors (Lipinski definition) is 1. The third-order valence-electron chi connectivity index (χ3n) is 6.11. The zero-order valence-corrected chi connectivity index (χ0v) is 18.0. The van der Waals surface area contributed by atoms with Crippen LogP contribution in [0, 0.1) is 0 Å². The Morgan fingerprint density at radius 1 is 1.03 bits per heavy atom. The Hall–Kier alpha value is -3.40. The lowest BCUT2D eigenvalue weighted by Crippen LogP contribution is -2.43. The summed E-state index contributed by atoms with van der Waals surface area (Å²) in [6.45, 7) is 5.83. The molecule has 0 spiro atoms. The monoisotopic (exact) mass is 456 g/mol. The van der Waals surface area contributed by atoms with Gasteiger partial charge in [-0.3, -0.25) is 9.48 Å². The number of fused-ring (bicyclic) bond motifs is 1. The van der Waals surface area contributed by atoms with Crippen LogP contribution in [0.2, 0.25) is 0 Å². The van der Waals surface area contributed by atoms with Crippen molar-refractivity contribution >= 4 is 17.4 Å². The molecule has 2 aromatic heterocycles. The Balaban J connectivity index is 1.45. The van der Waals surface area contributed by atoms with Gasteiger partial charge in [0.15, 0.2) is 0 Å². The summed E-state index contributed by atoms with van der Waals surface area (Å²) in [7, 11) is 0. The number of halogens is 3. The van der Waals surface area contributed by atoms with Gasteiger partial charge in [-0.15, -0.1) is 0 Å². The highest BCUT2D eigenvalue weighted by Gasteiger charge is 2.35. The molecule has 2 aliphatic rings. The van der Waals surface area contributed by atoms with E-state index in [4.69, 9.17) is 0 Å². The molecular weight excluding hydrogens is 433 g/mol. The zero-order chi connectivity index (χ0) is 23.2. The van der Waals surface area contributed by atoms with Crippen molar-refractivity contribution in [1.82, 2.24) is 20.1 Å². The van der Waals surface area contributed by atoms with Gasteiger partial charge in [-0.05, 0) is 43.3 Å². The number of carbonyl (C=O) groups excluding carboxylic acids is 1. The SMILES string of the molecule is CC1CN(c2ccc(C(F)(F)F)cc2)C(=O)c2c(-c3ccc(N4CCNCC4)nc3)cnn21. The number of benzene rings is 1. The molecule has 7 nitrogen and oxygen atoms in total. The maximum Gasteiger partial charge on any atom is 0.416 e. The summed E-state index contributed by atoms with van der Waals surface area (Å²) in [6, 6.07) is 8.40. The summed E-state index contributed by atoms with van der Waals surface area (Å²) < 4.78 is 40.5. The van der Waals surface area contributed by atoms with Gasteiger partial charge in [0, 0.05) is 55.7 Å². The van der Waals surface area contributed by atoms with E-state index in [-0.39, 0.29) is 11.9 Å². The van der Waals surface area contributed by atoms with Crippen molar-refractivity contribution in [2.75, 3.05) is 42.5 Å². The standard InChI is InChI=1S/C23H23F3N6O/c1-15-14-31(18-5-3-17(4-6-18)23(24,25)26)22(33)21-19(13-29-32(15)21)16-2-7-20(28-12-16)30-10-8-27-9-11-30/h2-7,12-13,15,27H,8-11,14H2,1H3. The third-order valence-corrected chi connectivity index (χ3v) is 6.11. The first-order valence-electron chi connectivity index (χ1n) is 10.8. The molecule has 3 aromatic rings. The van der Waals surface area contributed by atoms with E-state index in [0.29, 0.717) is 23.5 Å². The van der Waals surface area contributed by atoms with Gasteiger partial charge in [-0.1, -0.05) is 0 Å². The number of hydrogen-bond acceptors (Lipinski definition) is 5. The van der Waals surface area contributed by atoms with E-state index < -0.39 is 11.7 Å². The highest BCUT2D eigenvalue weighted by Crippen LogP contribution is 2.35. The number of aromatic nitrogens is 3. The molecule has 1 N–H and O–H groups in total.